The second-order valence-corrected chi connectivity index (χ2v) is 10.1. The van der Waals surface area contributed by atoms with Crippen molar-refractivity contribution >= 4 is 12.1 Å². The number of aliphatic carboxylic acids is 1. The molecule has 0 aromatic heterocycles. The van der Waals surface area contributed by atoms with Gasteiger partial charge in [0.25, 0.3) is 0 Å². The van der Waals surface area contributed by atoms with Gasteiger partial charge in [-0.15, -0.1) is 0 Å². The van der Waals surface area contributed by atoms with E-state index < -0.39 is 29.1 Å². The second kappa shape index (κ2) is 12.2. The topological polar surface area (TPSA) is 75.6 Å². The zero-order valence-corrected chi connectivity index (χ0v) is 21.2. The average molecular weight is 486 g/mol. The summed E-state index contributed by atoms with van der Waals surface area (Å²) in [5, 5.41) is 13.4. The summed E-state index contributed by atoms with van der Waals surface area (Å²) in [6.45, 7) is 5.43. The number of hydrogen-bond donors (Lipinski definition) is 2. The van der Waals surface area contributed by atoms with Gasteiger partial charge >= 0.3 is 12.1 Å². The van der Waals surface area contributed by atoms with Crippen molar-refractivity contribution in [1.29, 1.82) is 0 Å². The lowest BCUT2D eigenvalue weighted by Gasteiger charge is -2.28. The maximum Gasteiger partial charge on any atom is 0.408 e. The standard InChI is InChI=1S/C31H35NO4/c1-30(2,3)36-29(35)32-27(21-24-13-7-4-8-14-24)19-20-31(28(33)34,22-25-15-9-5-10-16-25)23-26-17-11-6-12-18-26/h4-20,27H,21-23H2,1-3H3,(H,32,35)(H,33,34)/b20-19+/t27-/m1/s1. The summed E-state index contributed by atoms with van der Waals surface area (Å²) in [5.74, 6) is -0.915. The quantitative estimate of drug-likeness (QED) is 0.334. The fourth-order valence-corrected chi connectivity index (χ4v) is 4.12. The van der Waals surface area contributed by atoms with Gasteiger partial charge in [0.05, 0.1) is 11.5 Å². The number of benzene rings is 3. The Labute approximate surface area is 213 Å². The summed E-state index contributed by atoms with van der Waals surface area (Å²) < 4.78 is 5.48. The zero-order chi connectivity index (χ0) is 26.0. The van der Waals surface area contributed by atoms with Crippen molar-refractivity contribution in [3.63, 3.8) is 0 Å². The molecule has 0 saturated heterocycles. The largest absolute Gasteiger partial charge is 0.481 e. The average Bonchev–Trinajstić information content (AvgIpc) is 2.83. The van der Waals surface area contributed by atoms with E-state index in [-0.39, 0.29) is 0 Å². The number of carboxylic acid groups (broad SMARTS) is 1. The Morgan fingerprint density at radius 1 is 0.806 bits per heavy atom. The van der Waals surface area contributed by atoms with Gasteiger partial charge in [-0.1, -0.05) is 103 Å². The van der Waals surface area contributed by atoms with Crippen LogP contribution in [-0.2, 0) is 28.8 Å². The van der Waals surface area contributed by atoms with Crippen LogP contribution in [0.15, 0.2) is 103 Å². The van der Waals surface area contributed by atoms with Crippen LogP contribution in [0.2, 0.25) is 0 Å². The van der Waals surface area contributed by atoms with Crippen molar-refractivity contribution < 1.29 is 19.4 Å². The molecule has 0 unspecified atom stereocenters. The van der Waals surface area contributed by atoms with Gasteiger partial charge in [-0.3, -0.25) is 4.79 Å². The van der Waals surface area contributed by atoms with Gasteiger partial charge in [-0.05, 0) is 56.7 Å². The summed E-state index contributed by atoms with van der Waals surface area (Å²) in [5.41, 5.74) is 1.04. The van der Waals surface area contributed by atoms with Crippen LogP contribution < -0.4 is 5.32 Å². The van der Waals surface area contributed by atoms with Crippen LogP contribution in [0, 0.1) is 5.41 Å². The number of rotatable bonds is 10. The predicted octanol–water partition coefficient (Wildman–Crippen LogP) is 6.24. The van der Waals surface area contributed by atoms with Crippen LogP contribution in [0.3, 0.4) is 0 Å². The van der Waals surface area contributed by atoms with Crippen LogP contribution in [0.4, 0.5) is 4.79 Å². The van der Waals surface area contributed by atoms with Crippen molar-refractivity contribution in [2.75, 3.05) is 0 Å². The Kier molecular flexibility index (Phi) is 9.07. The lowest BCUT2D eigenvalue weighted by Crippen LogP contribution is -2.40. The van der Waals surface area contributed by atoms with Gasteiger partial charge < -0.3 is 15.2 Å². The molecule has 0 fully saturated rings. The van der Waals surface area contributed by atoms with E-state index in [0.717, 1.165) is 16.7 Å². The lowest BCUT2D eigenvalue weighted by molar-refractivity contribution is -0.146. The molecule has 0 bridgehead atoms. The minimum atomic E-state index is -1.20. The molecule has 3 aromatic carbocycles. The molecule has 3 aromatic rings. The molecule has 0 spiro atoms. The van der Waals surface area contributed by atoms with Gasteiger partial charge in [0, 0.05) is 0 Å². The molecule has 2 N–H and O–H groups in total. The van der Waals surface area contributed by atoms with E-state index in [1.165, 1.54) is 0 Å². The fraction of sp³-hybridized carbons (Fsp3) is 0.290. The molecule has 5 heteroatoms. The smallest absolute Gasteiger partial charge is 0.408 e. The summed E-state index contributed by atoms with van der Waals surface area (Å²) in [7, 11) is 0. The van der Waals surface area contributed by atoms with Crippen molar-refractivity contribution in [1.82, 2.24) is 5.32 Å². The Balaban J connectivity index is 1.96. The number of alkyl carbamates (subject to hydrolysis) is 1. The number of carboxylic acids is 1. The van der Waals surface area contributed by atoms with E-state index in [2.05, 4.69) is 5.32 Å². The molecule has 0 aliphatic heterocycles. The summed E-state index contributed by atoms with van der Waals surface area (Å²) >= 11 is 0. The van der Waals surface area contributed by atoms with Crippen molar-refractivity contribution in [2.24, 2.45) is 5.41 Å². The van der Waals surface area contributed by atoms with E-state index in [4.69, 9.17) is 4.74 Å². The molecule has 3 rings (SSSR count). The van der Waals surface area contributed by atoms with E-state index >= 15 is 0 Å². The molecule has 0 saturated carbocycles. The number of nitrogens with one attached hydrogen (secondary N) is 1. The number of hydrogen-bond acceptors (Lipinski definition) is 3. The minimum absolute atomic E-state index is 0.319. The molecule has 0 aliphatic rings. The van der Waals surface area contributed by atoms with Crippen LogP contribution in [-0.4, -0.2) is 28.8 Å². The third kappa shape index (κ3) is 8.42. The van der Waals surface area contributed by atoms with E-state index in [9.17, 15) is 14.7 Å². The summed E-state index contributed by atoms with van der Waals surface area (Å²) in [6.07, 6.45) is 4.15. The van der Waals surface area contributed by atoms with Crippen molar-refractivity contribution in [3.05, 3.63) is 120 Å². The van der Waals surface area contributed by atoms with Crippen LogP contribution >= 0.6 is 0 Å². The molecule has 1 amide bonds. The van der Waals surface area contributed by atoms with Crippen molar-refractivity contribution in [3.8, 4) is 0 Å². The monoisotopic (exact) mass is 485 g/mol. The number of carbonyl (C=O) groups excluding carboxylic acids is 1. The maximum absolute atomic E-state index is 12.8. The molecular formula is C31H35NO4. The summed E-state index contributed by atoms with van der Waals surface area (Å²) in [6, 6.07) is 28.6. The van der Waals surface area contributed by atoms with E-state index in [1.54, 1.807) is 12.2 Å². The highest BCUT2D eigenvalue weighted by molar-refractivity contribution is 5.78. The van der Waals surface area contributed by atoms with Gasteiger partial charge in [0.2, 0.25) is 0 Å². The van der Waals surface area contributed by atoms with E-state index in [0.29, 0.717) is 19.3 Å². The first kappa shape index (κ1) is 26.7. The SMILES string of the molecule is CC(C)(C)OC(=O)N[C@H](/C=C/C(Cc1ccccc1)(Cc1ccccc1)C(=O)O)Cc1ccccc1. The molecule has 0 aliphatic carbocycles. The second-order valence-electron chi connectivity index (χ2n) is 10.1. The van der Waals surface area contributed by atoms with Gasteiger partial charge in [-0.2, -0.15) is 0 Å². The number of ether oxygens (including phenoxy) is 1. The Morgan fingerprint density at radius 2 is 1.25 bits per heavy atom. The molecule has 0 radical (unpaired) electrons. The van der Waals surface area contributed by atoms with Crippen LogP contribution in [0.25, 0.3) is 0 Å². The third-order valence-corrected chi connectivity index (χ3v) is 5.80. The van der Waals surface area contributed by atoms with Gasteiger partial charge in [-0.25, -0.2) is 4.79 Å². The lowest BCUT2D eigenvalue weighted by atomic mass is 9.75. The van der Waals surface area contributed by atoms with Gasteiger partial charge in [0.15, 0.2) is 0 Å². The number of carbonyl (C=O) groups is 2. The molecule has 0 heterocycles. The predicted molar refractivity (Wildman–Crippen MR) is 143 cm³/mol. The maximum atomic E-state index is 12.8. The zero-order valence-electron chi connectivity index (χ0n) is 21.2. The first-order valence-corrected chi connectivity index (χ1v) is 12.2. The fourth-order valence-electron chi connectivity index (χ4n) is 4.12. The Hall–Kier alpha value is -3.86. The highest BCUT2D eigenvalue weighted by Gasteiger charge is 2.36. The molecule has 5 nitrogen and oxygen atoms in total. The molecule has 36 heavy (non-hydrogen) atoms. The molecular weight excluding hydrogens is 450 g/mol. The van der Waals surface area contributed by atoms with Crippen LogP contribution in [0.1, 0.15) is 37.5 Å². The minimum Gasteiger partial charge on any atom is -0.481 e. The third-order valence-electron chi connectivity index (χ3n) is 5.80. The van der Waals surface area contributed by atoms with E-state index in [1.807, 2.05) is 112 Å². The summed E-state index contributed by atoms with van der Waals surface area (Å²) in [4.78, 5) is 25.5. The molecule has 1 atom stereocenters. The van der Waals surface area contributed by atoms with Crippen LogP contribution in [0.5, 0.6) is 0 Å². The molecule has 188 valence electrons. The highest BCUT2D eigenvalue weighted by atomic mass is 16.6. The van der Waals surface area contributed by atoms with Gasteiger partial charge in [0.1, 0.15) is 5.60 Å². The Morgan fingerprint density at radius 3 is 1.67 bits per heavy atom. The first-order valence-electron chi connectivity index (χ1n) is 12.2. The Bertz CT molecular complexity index is 1090. The van der Waals surface area contributed by atoms with Crippen molar-refractivity contribution in [2.45, 2.75) is 51.7 Å². The number of amides is 1. The normalized spacial score (nSPS) is 12.8. The first-order chi connectivity index (χ1) is 17.2. The highest BCUT2D eigenvalue weighted by Crippen LogP contribution is 2.31.